The van der Waals surface area contributed by atoms with Gasteiger partial charge in [0.05, 0.1) is 33.8 Å². The average Bonchev–Trinajstić information content (AvgIpc) is 1.80. The largest absolute Gasteiger partial charge is 0.332 e. The van der Waals surface area contributed by atoms with Gasteiger partial charge in [-0.2, -0.15) is 0 Å². The third-order valence-electron chi connectivity index (χ3n) is 15.7. The molecule has 0 saturated heterocycles. The molecule has 16 nitrogen and oxygen atoms in total. The molecule has 13 aromatic rings. The maximum atomic E-state index is 12.9. The quantitative estimate of drug-likeness (QED) is 0.106. The highest BCUT2D eigenvalue weighted by Crippen LogP contribution is 2.41. The van der Waals surface area contributed by atoms with Gasteiger partial charge in [-0.3, -0.25) is 24.0 Å². The molecule has 0 bridgehead atoms. The summed E-state index contributed by atoms with van der Waals surface area (Å²) in [6.07, 6.45) is 7.04. The summed E-state index contributed by atoms with van der Waals surface area (Å²) in [6.45, 7) is 0. The highest BCUT2D eigenvalue weighted by Gasteiger charge is 2.24. The van der Waals surface area contributed by atoms with Crippen LogP contribution in [0.2, 0.25) is 0 Å². The molecule has 4 aromatic heterocycles. The number of nitrogens with zero attached hydrogens (tertiary/aromatic N) is 5. The topological polar surface area (TPSA) is 207 Å². The number of rotatable bonds is 11. The van der Waals surface area contributed by atoms with Gasteiger partial charge in [0.15, 0.2) is 0 Å². The number of para-hydroxylation sites is 1. The van der Waals surface area contributed by atoms with E-state index in [4.69, 9.17) is 0 Å². The Morgan fingerprint density at radius 3 is 0.954 bits per heavy atom. The van der Waals surface area contributed by atoms with Gasteiger partial charge in [0.1, 0.15) is 0 Å². The lowest BCUT2D eigenvalue weighted by Crippen LogP contribution is -2.37. The first-order valence-electron chi connectivity index (χ1n) is 27.7. The van der Waals surface area contributed by atoms with Crippen molar-refractivity contribution in [2.75, 3.05) is 4.90 Å². The molecule has 9 aromatic carbocycles. The summed E-state index contributed by atoms with van der Waals surface area (Å²) >= 11 is 0. The first kappa shape index (κ1) is 52.8. The van der Waals surface area contributed by atoms with Crippen LogP contribution in [0.3, 0.4) is 0 Å². The summed E-state index contributed by atoms with van der Waals surface area (Å²) in [5, 5.41) is 1.94. The van der Waals surface area contributed by atoms with Gasteiger partial charge in [-0.25, -0.2) is 33.0 Å². The van der Waals surface area contributed by atoms with Crippen molar-refractivity contribution in [2.45, 2.75) is 6.42 Å². The zero-order chi connectivity index (χ0) is 59.4. The summed E-state index contributed by atoms with van der Waals surface area (Å²) in [6, 6.07) is 68.3. The van der Waals surface area contributed by atoms with Gasteiger partial charge < -0.3 is 19.5 Å². The molecule has 0 saturated carbocycles. The lowest BCUT2D eigenvalue weighted by Gasteiger charge is -2.21. The van der Waals surface area contributed by atoms with Crippen molar-refractivity contribution in [2.24, 2.45) is 0 Å². The Labute approximate surface area is 492 Å². The second-order valence-electron chi connectivity index (χ2n) is 21.0. The zero-order valence-corrected chi connectivity index (χ0v) is 45.9. The summed E-state index contributed by atoms with van der Waals surface area (Å²) in [5.41, 5.74) is 11.7. The Morgan fingerprint density at radius 1 is 0.287 bits per heavy atom. The Morgan fingerprint density at radius 2 is 0.609 bits per heavy atom. The summed E-state index contributed by atoms with van der Waals surface area (Å²) < 4.78 is 5.46. The molecule has 0 unspecified atom stereocenters. The molecule has 418 valence electrons. The van der Waals surface area contributed by atoms with Crippen molar-refractivity contribution in [3.05, 3.63) is 312 Å². The van der Waals surface area contributed by atoms with E-state index in [1.807, 2.05) is 72.8 Å². The monoisotopic (exact) mass is 1140 g/mol. The molecule has 0 atom stereocenters. The molecule has 5 heterocycles. The fourth-order valence-electron chi connectivity index (χ4n) is 11.5. The van der Waals surface area contributed by atoms with Crippen LogP contribution in [0.5, 0.6) is 0 Å². The van der Waals surface area contributed by atoms with E-state index in [-0.39, 0.29) is 12.3 Å². The summed E-state index contributed by atoms with van der Waals surface area (Å²) in [4.78, 5) is 112. The lowest BCUT2D eigenvalue weighted by atomic mass is 9.92. The van der Waals surface area contributed by atoms with Crippen LogP contribution >= 0.6 is 0 Å². The van der Waals surface area contributed by atoms with Crippen molar-refractivity contribution in [1.29, 1.82) is 0 Å². The number of amides is 2. The minimum Gasteiger partial charge on any atom is -0.314 e. The minimum atomic E-state index is -0.559. The van der Waals surface area contributed by atoms with E-state index < -0.39 is 39.7 Å². The Kier molecular flexibility index (Phi) is 13.0. The van der Waals surface area contributed by atoms with Crippen LogP contribution in [0.4, 0.5) is 5.69 Å². The molecule has 2 amide bonds. The van der Waals surface area contributed by atoms with Gasteiger partial charge in [0.25, 0.3) is 22.6 Å². The molecule has 0 aliphatic carbocycles. The number of carbonyl (C=O) groups is 2. The molecule has 0 spiro atoms. The van der Waals surface area contributed by atoms with Crippen LogP contribution in [0.25, 0.3) is 111 Å². The van der Waals surface area contributed by atoms with Gasteiger partial charge in [0.2, 0.25) is 5.91 Å². The lowest BCUT2D eigenvalue weighted by molar-refractivity contribution is -0.124. The molecule has 87 heavy (non-hydrogen) atoms. The summed E-state index contributed by atoms with van der Waals surface area (Å²) in [5.74, 6) is -0.715. The highest BCUT2D eigenvalue weighted by atomic mass is 16.2. The van der Waals surface area contributed by atoms with Crippen LogP contribution < -0.4 is 38.6 Å². The highest BCUT2D eigenvalue weighted by molar-refractivity contribution is 6.21. The number of nitrogens with one attached hydrogen (secondary N) is 3. The van der Waals surface area contributed by atoms with E-state index in [1.54, 1.807) is 54.6 Å². The van der Waals surface area contributed by atoms with Crippen molar-refractivity contribution >= 4 is 39.3 Å². The number of aromatic nitrogens is 7. The molecule has 0 radical (unpaired) electrons. The first-order valence-corrected chi connectivity index (χ1v) is 27.7. The number of anilines is 1. The van der Waals surface area contributed by atoms with E-state index in [1.165, 1.54) is 47.8 Å². The van der Waals surface area contributed by atoms with Crippen LogP contribution in [-0.4, -0.2) is 45.0 Å². The van der Waals surface area contributed by atoms with Gasteiger partial charge in [-0.15, -0.1) is 0 Å². The normalized spacial score (nSPS) is 12.3. The van der Waals surface area contributed by atoms with E-state index in [9.17, 15) is 38.4 Å². The molecule has 14 rings (SSSR count). The third kappa shape index (κ3) is 9.69. The van der Waals surface area contributed by atoms with Crippen molar-refractivity contribution < 1.29 is 9.59 Å². The van der Waals surface area contributed by atoms with Crippen molar-refractivity contribution in [3.8, 4) is 89.5 Å². The first-order chi connectivity index (χ1) is 42.4. The summed E-state index contributed by atoms with van der Waals surface area (Å²) in [7, 11) is 0. The third-order valence-corrected chi connectivity index (χ3v) is 15.7. The fourth-order valence-corrected chi connectivity index (χ4v) is 11.5. The molecule has 3 N–H and O–H groups in total. The molecular weight excluding hydrogens is 1090 g/mol. The maximum Gasteiger partial charge on any atom is 0.332 e. The second-order valence-corrected chi connectivity index (χ2v) is 21.0. The number of hydrogen-bond acceptors (Lipinski definition) is 8. The minimum absolute atomic E-state index is 0.124. The maximum absolute atomic E-state index is 12.9. The van der Waals surface area contributed by atoms with Gasteiger partial charge in [0, 0.05) is 65.7 Å². The number of carbonyl (C=O) groups excluding carboxylic acids is 2. The number of fused-ring (bicyclic) bond motifs is 3. The van der Waals surface area contributed by atoms with Gasteiger partial charge in [-0.1, -0.05) is 84.9 Å². The van der Waals surface area contributed by atoms with Crippen molar-refractivity contribution in [3.63, 3.8) is 0 Å². The van der Waals surface area contributed by atoms with Crippen LogP contribution in [0.15, 0.2) is 278 Å². The number of H-pyrrole nitrogens is 3. The Bertz CT molecular complexity index is 5150. The SMILES string of the molecule is O=C1C=CCC(=O)N1c1ccc(-c2cc(-c3ccc(-n4c(=O)cc[nH]c4=O)cc3)cc(-c3ccc4c(c3)c3cc(-c5cc(-c6ccc(-n7c(=O)cc[nH]c7=O)cc6)cc(-c6ccc(-n7c(=O)cc[nH]c7=O)cc6)c5)ccc3n4-c3ccccc3)c2)cc1. The predicted molar refractivity (Wildman–Crippen MR) is 338 cm³/mol. The number of benzene rings is 9. The van der Waals surface area contributed by atoms with Crippen LogP contribution in [0.1, 0.15) is 6.42 Å². The molecule has 0 fully saturated rings. The number of hydrogen-bond donors (Lipinski definition) is 3. The fraction of sp³-hybridized carbons (Fsp3) is 0.0141. The van der Waals surface area contributed by atoms with E-state index in [0.717, 1.165) is 108 Å². The Hall–Kier alpha value is -12.3. The Balaban J connectivity index is 0.925. The molecule has 1 aliphatic heterocycles. The van der Waals surface area contributed by atoms with Crippen LogP contribution in [-0.2, 0) is 9.59 Å². The number of imide groups is 1. The average molecular weight is 1140 g/mol. The van der Waals surface area contributed by atoms with Crippen LogP contribution in [0, 0.1) is 0 Å². The second kappa shape index (κ2) is 21.5. The zero-order valence-electron chi connectivity index (χ0n) is 45.9. The molecular formula is C71H46N8O8. The smallest absolute Gasteiger partial charge is 0.314 e. The number of aromatic amines is 3. The van der Waals surface area contributed by atoms with Gasteiger partial charge >= 0.3 is 17.1 Å². The van der Waals surface area contributed by atoms with Crippen molar-refractivity contribution in [1.82, 2.24) is 33.2 Å². The molecule has 1 aliphatic rings. The predicted octanol–water partition coefficient (Wildman–Crippen LogP) is 11.1. The van der Waals surface area contributed by atoms with E-state index in [2.05, 4.69) is 98.4 Å². The van der Waals surface area contributed by atoms with E-state index >= 15 is 0 Å². The standard InChI is InChI=1S/C71H46N8O8/c80-64-7-4-8-65(81)76(64)56-19-9-43(10-20-56)49-35-50(44-11-21-57(22-12-44)77-66(82)29-32-72-69(77)85)38-53(37-49)47-17-27-62-60(41-47)61-42-48(18-28-63(61)75(62)55-5-2-1-3-6-55)54-39-51(45-13-23-58(24-14-45)78-67(83)30-33-73-70(78)86)36-52(40-54)46-15-25-59(26-16-46)79-68(84)31-34-74-71(79)87/h1-7,9-42H,8H2,(H,72,85)(H,73,86)(H,74,87). The van der Waals surface area contributed by atoms with Gasteiger partial charge in [-0.05, 0) is 188 Å². The molecule has 16 heteroatoms. The van der Waals surface area contributed by atoms with E-state index in [0.29, 0.717) is 22.7 Å².